The summed E-state index contributed by atoms with van der Waals surface area (Å²) in [6.45, 7) is 2.42. The first kappa shape index (κ1) is 15.9. The van der Waals surface area contributed by atoms with E-state index in [9.17, 15) is 8.42 Å². The van der Waals surface area contributed by atoms with E-state index in [1.807, 2.05) is 6.92 Å². The molecule has 4 nitrogen and oxygen atoms in total. The molecule has 0 amide bonds. The summed E-state index contributed by atoms with van der Waals surface area (Å²) in [5, 5.41) is 0.151. The number of halogens is 2. The zero-order chi connectivity index (χ0) is 14.9. The molecule has 2 rings (SSSR count). The molecule has 7 heteroatoms. The molecule has 1 saturated heterocycles. The number of rotatable bonds is 2. The van der Waals surface area contributed by atoms with Gasteiger partial charge < -0.3 is 5.73 Å². The van der Waals surface area contributed by atoms with Crippen LogP contribution in [0.4, 0.5) is 5.69 Å². The molecule has 1 aromatic rings. The van der Waals surface area contributed by atoms with Crippen LogP contribution in [-0.2, 0) is 10.0 Å². The largest absolute Gasteiger partial charge is 0.399 e. The molecule has 20 heavy (non-hydrogen) atoms. The van der Waals surface area contributed by atoms with Crippen LogP contribution in [0.5, 0.6) is 0 Å². The van der Waals surface area contributed by atoms with E-state index in [-0.39, 0.29) is 21.0 Å². The van der Waals surface area contributed by atoms with E-state index in [1.165, 1.54) is 16.4 Å². The van der Waals surface area contributed by atoms with Gasteiger partial charge in [-0.05, 0) is 31.9 Å². The molecule has 0 spiro atoms. The van der Waals surface area contributed by atoms with E-state index in [0.717, 1.165) is 25.7 Å². The zero-order valence-corrected chi connectivity index (χ0v) is 13.6. The first-order valence-electron chi connectivity index (χ1n) is 6.60. The van der Waals surface area contributed by atoms with Crippen molar-refractivity contribution < 1.29 is 8.42 Å². The monoisotopic (exact) mass is 336 g/mol. The molecule has 1 fully saturated rings. The van der Waals surface area contributed by atoms with Gasteiger partial charge in [0.2, 0.25) is 10.0 Å². The fourth-order valence-electron chi connectivity index (χ4n) is 2.55. The maximum atomic E-state index is 12.8. The Morgan fingerprint density at radius 2 is 1.80 bits per heavy atom. The zero-order valence-electron chi connectivity index (χ0n) is 11.3. The number of sulfonamides is 1. The Morgan fingerprint density at radius 1 is 1.20 bits per heavy atom. The number of anilines is 1. The highest BCUT2D eigenvalue weighted by Gasteiger charge is 2.33. The maximum Gasteiger partial charge on any atom is 0.246 e. The Kier molecular flexibility index (Phi) is 4.84. The molecule has 0 bridgehead atoms. The van der Waals surface area contributed by atoms with Gasteiger partial charge in [-0.15, -0.1) is 0 Å². The van der Waals surface area contributed by atoms with Gasteiger partial charge in [-0.2, -0.15) is 4.31 Å². The standard InChI is InChI=1S/C13H18Cl2N2O2S/c1-9-5-3-2-4-6-17(9)20(18,19)13-11(14)7-10(16)8-12(13)15/h7-9H,2-6,16H2,1H3. The van der Waals surface area contributed by atoms with Crippen LogP contribution in [0.15, 0.2) is 17.0 Å². The second-order valence-electron chi connectivity index (χ2n) is 5.13. The summed E-state index contributed by atoms with van der Waals surface area (Å²) in [5.41, 5.74) is 5.97. The van der Waals surface area contributed by atoms with E-state index in [0.29, 0.717) is 12.2 Å². The molecule has 0 aliphatic carbocycles. The Labute approximate surface area is 129 Å². The highest BCUT2D eigenvalue weighted by molar-refractivity contribution is 7.89. The third-order valence-corrected chi connectivity index (χ3v) is 6.52. The molecular formula is C13H18Cl2N2O2S. The van der Waals surface area contributed by atoms with Gasteiger partial charge in [-0.3, -0.25) is 0 Å². The fourth-order valence-corrected chi connectivity index (χ4v) is 5.43. The molecule has 0 saturated carbocycles. The quantitative estimate of drug-likeness (QED) is 0.840. The van der Waals surface area contributed by atoms with Crippen molar-refractivity contribution in [1.82, 2.24) is 4.31 Å². The van der Waals surface area contributed by atoms with E-state index >= 15 is 0 Å². The van der Waals surface area contributed by atoms with Gasteiger partial charge in [-0.1, -0.05) is 36.0 Å². The van der Waals surface area contributed by atoms with Gasteiger partial charge >= 0.3 is 0 Å². The van der Waals surface area contributed by atoms with Gasteiger partial charge in [0.1, 0.15) is 4.90 Å². The molecule has 1 aliphatic heterocycles. The molecule has 1 atom stereocenters. The minimum Gasteiger partial charge on any atom is -0.399 e. The maximum absolute atomic E-state index is 12.8. The number of nitrogen functional groups attached to an aromatic ring is 1. The second-order valence-corrected chi connectivity index (χ2v) is 7.77. The predicted molar refractivity (Wildman–Crippen MR) is 82.7 cm³/mol. The van der Waals surface area contributed by atoms with Crippen molar-refractivity contribution in [3.63, 3.8) is 0 Å². The summed E-state index contributed by atoms with van der Waals surface area (Å²) < 4.78 is 27.1. The van der Waals surface area contributed by atoms with Crippen molar-refractivity contribution in [1.29, 1.82) is 0 Å². The number of nitrogens with two attached hydrogens (primary N) is 1. The van der Waals surface area contributed by atoms with Crippen LogP contribution in [0.3, 0.4) is 0 Å². The third-order valence-electron chi connectivity index (χ3n) is 3.58. The van der Waals surface area contributed by atoms with Gasteiger partial charge in [0.25, 0.3) is 0 Å². The molecule has 0 aromatic heterocycles. The first-order valence-corrected chi connectivity index (χ1v) is 8.80. The molecule has 1 heterocycles. The van der Waals surface area contributed by atoms with Crippen LogP contribution in [0.2, 0.25) is 10.0 Å². The van der Waals surface area contributed by atoms with Crippen LogP contribution in [-0.4, -0.2) is 25.3 Å². The number of hydrogen-bond donors (Lipinski definition) is 1. The van der Waals surface area contributed by atoms with Crippen molar-refractivity contribution in [3.8, 4) is 0 Å². The highest BCUT2D eigenvalue weighted by atomic mass is 35.5. The summed E-state index contributed by atoms with van der Waals surface area (Å²) >= 11 is 12.1. The van der Waals surface area contributed by atoms with Gasteiger partial charge in [0, 0.05) is 18.3 Å². The van der Waals surface area contributed by atoms with Crippen LogP contribution >= 0.6 is 23.2 Å². The lowest BCUT2D eigenvalue weighted by Gasteiger charge is -2.27. The van der Waals surface area contributed by atoms with E-state index in [2.05, 4.69) is 0 Å². The smallest absolute Gasteiger partial charge is 0.246 e. The molecule has 1 aromatic carbocycles. The molecule has 2 N–H and O–H groups in total. The van der Waals surface area contributed by atoms with Crippen LogP contribution in [0, 0.1) is 0 Å². The molecular weight excluding hydrogens is 319 g/mol. The van der Waals surface area contributed by atoms with Gasteiger partial charge in [-0.25, -0.2) is 8.42 Å². The van der Waals surface area contributed by atoms with Crippen molar-refractivity contribution in [2.45, 2.75) is 43.5 Å². The summed E-state index contributed by atoms with van der Waals surface area (Å²) in [4.78, 5) is -0.0382. The molecule has 1 unspecified atom stereocenters. The number of hydrogen-bond acceptors (Lipinski definition) is 3. The summed E-state index contributed by atoms with van der Waals surface area (Å²) in [7, 11) is -3.70. The van der Waals surface area contributed by atoms with Crippen LogP contribution < -0.4 is 5.73 Å². The second kappa shape index (κ2) is 6.10. The van der Waals surface area contributed by atoms with E-state index < -0.39 is 10.0 Å². The third kappa shape index (κ3) is 3.06. The summed E-state index contributed by atoms with van der Waals surface area (Å²) in [5.74, 6) is 0. The van der Waals surface area contributed by atoms with Crippen molar-refractivity contribution in [2.24, 2.45) is 0 Å². The Morgan fingerprint density at radius 3 is 2.40 bits per heavy atom. The SMILES string of the molecule is CC1CCCCCN1S(=O)(=O)c1c(Cl)cc(N)cc1Cl. The molecule has 1 aliphatic rings. The Balaban J connectivity index is 2.49. The molecule has 112 valence electrons. The highest BCUT2D eigenvalue weighted by Crippen LogP contribution is 2.35. The average Bonchev–Trinajstić information content (AvgIpc) is 2.52. The normalized spacial score (nSPS) is 21.6. The van der Waals surface area contributed by atoms with E-state index in [1.54, 1.807) is 0 Å². The predicted octanol–water partition coefficient (Wildman–Crippen LogP) is 3.53. The lowest BCUT2D eigenvalue weighted by Crippen LogP contribution is -2.38. The first-order chi connectivity index (χ1) is 9.34. The van der Waals surface area contributed by atoms with Crippen molar-refractivity contribution >= 4 is 38.9 Å². The fraction of sp³-hybridized carbons (Fsp3) is 0.538. The number of benzene rings is 1. The topological polar surface area (TPSA) is 63.4 Å². The minimum absolute atomic E-state index is 0.0382. The van der Waals surface area contributed by atoms with Crippen molar-refractivity contribution in [3.05, 3.63) is 22.2 Å². The minimum atomic E-state index is -3.70. The lowest BCUT2D eigenvalue weighted by atomic mass is 10.1. The van der Waals surface area contributed by atoms with Crippen LogP contribution in [0.25, 0.3) is 0 Å². The van der Waals surface area contributed by atoms with Crippen molar-refractivity contribution in [2.75, 3.05) is 12.3 Å². The van der Waals surface area contributed by atoms with Crippen LogP contribution in [0.1, 0.15) is 32.6 Å². The van der Waals surface area contributed by atoms with E-state index in [4.69, 9.17) is 28.9 Å². The Bertz CT molecular complexity index is 581. The lowest BCUT2D eigenvalue weighted by molar-refractivity contribution is 0.342. The van der Waals surface area contributed by atoms with Gasteiger partial charge in [0.15, 0.2) is 0 Å². The molecule has 0 radical (unpaired) electrons. The summed E-state index contributed by atoms with van der Waals surface area (Å²) in [6, 6.07) is 2.79. The Hall–Kier alpha value is -0.490. The summed E-state index contributed by atoms with van der Waals surface area (Å²) in [6.07, 6.45) is 3.78. The average molecular weight is 337 g/mol. The van der Waals surface area contributed by atoms with Gasteiger partial charge in [0.05, 0.1) is 10.0 Å². The number of nitrogens with zero attached hydrogens (tertiary/aromatic N) is 1.